The predicted octanol–water partition coefficient (Wildman–Crippen LogP) is 4.04. The second kappa shape index (κ2) is 7.52. The van der Waals surface area contributed by atoms with Crippen molar-refractivity contribution in [2.45, 2.75) is 39.7 Å². The summed E-state index contributed by atoms with van der Waals surface area (Å²) in [6.07, 6.45) is 2.79. The Hall–Kier alpha value is -1.05. The topological polar surface area (TPSA) is 53.2 Å². The van der Waals surface area contributed by atoms with Crippen LogP contribution in [0.25, 0.3) is 0 Å². The number of hydrogen-bond acceptors (Lipinski definition) is 3. The van der Waals surface area contributed by atoms with Crippen molar-refractivity contribution >= 4 is 15.9 Å². The Morgan fingerprint density at radius 2 is 2.11 bits per heavy atom. The number of rotatable bonds is 7. The summed E-state index contributed by atoms with van der Waals surface area (Å²) >= 11 is 3.37. The average molecular weight is 326 g/mol. The van der Waals surface area contributed by atoms with E-state index in [2.05, 4.69) is 22.0 Å². The van der Waals surface area contributed by atoms with Crippen LogP contribution in [-0.4, -0.2) is 11.7 Å². The van der Waals surface area contributed by atoms with Crippen LogP contribution in [0.3, 0.4) is 0 Å². The SMILES string of the molecule is CC(C)(C#N)CCCCOc1ccc(Br)c(CO)c1. The molecule has 0 fully saturated rings. The van der Waals surface area contributed by atoms with E-state index in [0.29, 0.717) is 6.61 Å². The van der Waals surface area contributed by atoms with Crippen LogP contribution in [0, 0.1) is 16.7 Å². The molecule has 0 saturated heterocycles. The summed E-state index contributed by atoms with van der Waals surface area (Å²) in [5, 5.41) is 18.1. The summed E-state index contributed by atoms with van der Waals surface area (Å²) in [4.78, 5) is 0. The third kappa shape index (κ3) is 5.63. The van der Waals surface area contributed by atoms with Gasteiger partial charge in [-0.2, -0.15) is 5.26 Å². The van der Waals surface area contributed by atoms with E-state index in [9.17, 15) is 0 Å². The van der Waals surface area contributed by atoms with Gasteiger partial charge in [0.25, 0.3) is 0 Å². The monoisotopic (exact) mass is 325 g/mol. The molecule has 4 heteroatoms. The van der Waals surface area contributed by atoms with E-state index in [1.54, 1.807) is 0 Å². The van der Waals surface area contributed by atoms with E-state index in [1.165, 1.54) is 0 Å². The molecule has 1 N–H and O–H groups in total. The largest absolute Gasteiger partial charge is 0.494 e. The fourth-order valence-electron chi connectivity index (χ4n) is 1.68. The number of nitriles is 1. The molecule has 0 amide bonds. The van der Waals surface area contributed by atoms with Gasteiger partial charge in [0.05, 0.1) is 24.7 Å². The van der Waals surface area contributed by atoms with Gasteiger partial charge < -0.3 is 9.84 Å². The number of ether oxygens (including phenoxy) is 1. The van der Waals surface area contributed by atoms with Crippen molar-refractivity contribution in [3.05, 3.63) is 28.2 Å². The number of unbranched alkanes of at least 4 members (excludes halogenated alkanes) is 1. The second-order valence-electron chi connectivity index (χ2n) is 5.21. The Morgan fingerprint density at radius 3 is 2.74 bits per heavy atom. The summed E-state index contributed by atoms with van der Waals surface area (Å²) in [7, 11) is 0. The quantitative estimate of drug-likeness (QED) is 0.769. The second-order valence-corrected chi connectivity index (χ2v) is 6.07. The fourth-order valence-corrected chi connectivity index (χ4v) is 2.05. The van der Waals surface area contributed by atoms with E-state index in [4.69, 9.17) is 15.1 Å². The zero-order valence-electron chi connectivity index (χ0n) is 11.4. The smallest absolute Gasteiger partial charge is 0.119 e. The van der Waals surface area contributed by atoms with Crippen LogP contribution in [0.15, 0.2) is 22.7 Å². The van der Waals surface area contributed by atoms with Crippen LogP contribution in [0.4, 0.5) is 0 Å². The third-order valence-corrected chi connectivity index (χ3v) is 3.73. The highest BCUT2D eigenvalue weighted by Crippen LogP contribution is 2.24. The number of nitrogens with zero attached hydrogens (tertiary/aromatic N) is 1. The molecule has 0 atom stereocenters. The molecule has 1 rings (SSSR count). The molecule has 0 aliphatic carbocycles. The van der Waals surface area contributed by atoms with Gasteiger partial charge in [0, 0.05) is 4.47 Å². The van der Waals surface area contributed by atoms with E-state index >= 15 is 0 Å². The molecule has 0 spiro atoms. The molecule has 0 bridgehead atoms. The number of hydrogen-bond donors (Lipinski definition) is 1. The molecule has 0 radical (unpaired) electrons. The maximum absolute atomic E-state index is 9.15. The van der Waals surface area contributed by atoms with Gasteiger partial charge >= 0.3 is 0 Å². The number of benzene rings is 1. The van der Waals surface area contributed by atoms with Gasteiger partial charge in [-0.05, 0) is 56.9 Å². The summed E-state index contributed by atoms with van der Waals surface area (Å²) in [6, 6.07) is 7.89. The van der Waals surface area contributed by atoms with Crippen molar-refractivity contribution in [1.82, 2.24) is 0 Å². The molecule has 1 aromatic rings. The van der Waals surface area contributed by atoms with Gasteiger partial charge in [-0.1, -0.05) is 15.9 Å². The van der Waals surface area contributed by atoms with Crippen LogP contribution >= 0.6 is 15.9 Å². The first-order valence-corrected chi connectivity index (χ1v) is 7.21. The number of aliphatic hydroxyl groups is 1. The molecule has 0 aliphatic heterocycles. The van der Waals surface area contributed by atoms with Crippen LogP contribution in [0.2, 0.25) is 0 Å². The van der Waals surface area contributed by atoms with E-state index in [0.717, 1.165) is 35.0 Å². The first-order chi connectivity index (χ1) is 8.98. The minimum absolute atomic E-state index is 0.00581. The summed E-state index contributed by atoms with van der Waals surface area (Å²) in [5.41, 5.74) is 0.574. The Balaban J connectivity index is 2.32. The van der Waals surface area contributed by atoms with Crippen LogP contribution in [-0.2, 0) is 6.61 Å². The zero-order chi connectivity index (χ0) is 14.3. The lowest BCUT2D eigenvalue weighted by Gasteiger charge is -2.14. The van der Waals surface area contributed by atoms with Gasteiger partial charge in [0.15, 0.2) is 0 Å². The normalized spacial score (nSPS) is 11.1. The van der Waals surface area contributed by atoms with E-state index < -0.39 is 0 Å². The molecule has 3 nitrogen and oxygen atoms in total. The average Bonchev–Trinajstić information content (AvgIpc) is 2.40. The van der Waals surface area contributed by atoms with Gasteiger partial charge in [0.2, 0.25) is 0 Å². The molecule has 0 saturated carbocycles. The number of halogens is 1. The Morgan fingerprint density at radius 1 is 1.37 bits per heavy atom. The minimum Gasteiger partial charge on any atom is -0.494 e. The molecule has 0 heterocycles. The maximum Gasteiger partial charge on any atom is 0.119 e. The lowest BCUT2D eigenvalue weighted by atomic mass is 9.89. The maximum atomic E-state index is 9.15. The lowest BCUT2D eigenvalue weighted by Crippen LogP contribution is -2.08. The molecular formula is C15H20BrNO2. The lowest BCUT2D eigenvalue weighted by molar-refractivity contribution is 0.276. The van der Waals surface area contributed by atoms with Crippen molar-refractivity contribution in [2.75, 3.05) is 6.61 Å². The molecule has 19 heavy (non-hydrogen) atoms. The first-order valence-electron chi connectivity index (χ1n) is 6.42. The highest BCUT2D eigenvalue weighted by atomic mass is 79.9. The van der Waals surface area contributed by atoms with Crippen LogP contribution in [0.5, 0.6) is 5.75 Å². The molecule has 0 unspecified atom stereocenters. The van der Waals surface area contributed by atoms with Gasteiger partial charge in [-0.15, -0.1) is 0 Å². The van der Waals surface area contributed by atoms with Crippen molar-refractivity contribution in [3.63, 3.8) is 0 Å². The summed E-state index contributed by atoms with van der Waals surface area (Å²) in [6.45, 7) is 4.54. The highest BCUT2D eigenvalue weighted by Gasteiger charge is 2.15. The summed E-state index contributed by atoms with van der Waals surface area (Å²) in [5.74, 6) is 0.770. The van der Waals surface area contributed by atoms with E-state index in [-0.39, 0.29) is 12.0 Å². The van der Waals surface area contributed by atoms with Crippen molar-refractivity contribution < 1.29 is 9.84 Å². The standard InChI is InChI=1S/C15H20BrNO2/c1-15(2,11-17)7-3-4-8-19-13-5-6-14(16)12(9-13)10-18/h5-6,9,18H,3-4,7-8,10H2,1-2H3. The fraction of sp³-hybridized carbons (Fsp3) is 0.533. The zero-order valence-corrected chi connectivity index (χ0v) is 13.0. The molecule has 1 aromatic carbocycles. The van der Waals surface area contributed by atoms with Gasteiger partial charge in [-0.3, -0.25) is 0 Å². The minimum atomic E-state index is -0.248. The Kier molecular flexibility index (Phi) is 6.33. The summed E-state index contributed by atoms with van der Waals surface area (Å²) < 4.78 is 6.52. The van der Waals surface area contributed by atoms with Crippen molar-refractivity contribution in [3.8, 4) is 11.8 Å². The van der Waals surface area contributed by atoms with Crippen molar-refractivity contribution in [1.29, 1.82) is 5.26 Å². The highest BCUT2D eigenvalue weighted by molar-refractivity contribution is 9.10. The Labute approximate surface area is 123 Å². The van der Waals surface area contributed by atoms with Crippen LogP contribution < -0.4 is 4.74 Å². The van der Waals surface area contributed by atoms with E-state index in [1.807, 2.05) is 32.0 Å². The third-order valence-electron chi connectivity index (χ3n) is 2.96. The molecule has 0 aromatic heterocycles. The van der Waals surface area contributed by atoms with Crippen molar-refractivity contribution in [2.24, 2.45) is 5.41 Å². The molecule has 0 aliphatic rings. The van der Waals surface area contributed by atoms with Gasteiger partial charge in [-0.25, -0.2) is 0 Å². The molecule has 104 valence electrons. The predicted molar refractivity (Wildman–Crippen MR) is 78.8 cm³/mol. The molecular weight excluding hydrogens is 306 g/mol. The van der Waals surface area contributed by atoms with Crippen LogP contribution in [0.1, 0.15) is 38.7 Å². The first kappa shape index (κ1) is 16.0. The van der Waals surface area contributed by atoms with Gasteiger partial charge in [0.1, 0.15) is 5.75 Å². The Bertz CT molecular complexity index is 452. The number of aliphatic hydroxyl groups excluding tert-OH is 1.